The molecular formula is C18H19ClN2O3. The van der Waals surface area contributed by atoms with Crippen LogP contribution in [-0.4, -0.2) is 18.0 Å². The first kappa shape index (κ1) is 17.8. The molecule has 0 unspecified atom stereocenters. The van der Waals surface area contributed by atoms with Gasteiger partial charge >= 0.3 is 5.97 Å². The molecule has 0 spiro atoms. The Kier molecular flexibility index (Phi) is 5.46. The number of halogens is 1. The minimum absolute atomic E-state index is 0.172. The molecule has 0 fully saturated rings. The van der Waals surface area contributed by atoms with Crippen molar-refractivity contribution in [3.05, 3.63) is 58.1 Å². The number of carbonyl (C=O) groups is 2. The van der Waals surface area contributed by atoms with Crippen LogP contribution >= 0.6 is 11.6 Å². The Morgan fingerprint density at radius 2 is 1.88 bits per heavy atom. The van der Waals surface area contributed by atoms with Crippen molar-refractivity contribution in [3.63, 3.8) is 0 Å². The van der Waals surface area contributed by atoms with E-state index in [9.17, 15) is 9.59 Å². The molecule has 0 aliphatic carbocycles. The molecule has 3 N–H and O–H groups in total. The first-order chi connectivity index (χ1) is 11.3. The summed E-state index contributed by atoms with van der Waals surface area (Å²) in [6.45, 7) is 5.33. The molecule has 0 radical (unpaired) electrons. The van der Waals surface area contributed by atoms with Crippen molar-refractivity contribution in [1.29, 1.82) is 0 Å². The van der Waals surface area contributed by atoms with Crippen molar-refractivity contribution in [1.82, 2.24) is 0 Å². The van der Waals surface area contributed by atoms with Crippen LogP contribution in [0.4, 0.5) is 11.4 Å². The molecule has 0 aromatic heterocycles. The molecule has 0 aliphatic heterocycles. The van der Waals surface area contributed by atoms with Crippen LogP contribution in [0.15, 0.2) is 36.4 Å². The summed E-state index contributed by atoms with van der Waals surface area (Å²) in [6.07, 6.45) is -0.965. The summed E-state index contributed by atoms with van der Waals surface area (Å²) >= 11 is 5.80. The average Bonchev–Trinajstić information content (AvgIpc) is 2.50. The average molecular weight is 347 g/mol. The van der Waals surface area contributed by atoms with Gasteiger partial charge in [-0.1, -0.05) is 23.7 Å². The Morgan fingerprint density at radius 3 is 2.54 bits per heavy atom. The molecule has 5 nitrogen and oxygen atoms in total. The number of hydrogen-bond acceptors (Lipinski definition) is 4. The minimum atomic E-state index is -0.965. The number of hydrogen-bond donors (Lipinski definition) is 2. The molecule has 2 aromatic carbocycles. The van der Waals surface area contributed by atoms with Gasteiger partial charge in [-0.25, -0.2) is 4.79 Å². The SMILES string of the molecule is Cc1ccc(C)c(NC(=O)[C@H](C)OC(=O)c2ccc(Cl)cc2N)c1. The fraction of sp³-hybridized carbons (Fsp3) is 0.222. The van der Waals surface area contributed by atoms with E-state index in [0.29, 0.717) is 10.7 Å². The highest BCUT2D eigenvalue weighted by Gasteiger charge is 2.21. The standard InChI is InChI=1S/C18H19ClN2O3/c1-10-4-5-11(2)16(8-10)21-17(22)12(3)24-18(23)14-7-6-13(19)9-15(14)20/h4-9,12H,20H2,1-3H3,(H,21,22)/t12-/m0/s1. The van der Waals surface area contributed by atoms with Crippen LogP contribution in [0.1, 0.15) is 28.4 Å². The fourth-order valence-electron chi connectivity index (χ4n) is 2.10. The predicted molar refractivity (Wildman–Crippen MR) is 95.3 cm³/mol. The Balaban J connectivity index is 2.05. The van der Waals surface area contributed by atoms with Gasteiger partial charge in [0.2, 0.25) is 0 Å². The van der Waals surface area contributed by atoms with Crippen LogP contribution in [-0.2, 0) is 9.53 Å². The summed E-state index contributed by atoms with van der Waals surface area (Å²) in [5.41, 5.74) is 8.76. The zero-order chi connectivity index (χ0) is 17.9. The third kappa shape index (κ3) is 4.26. The monoisotopic (exact) mass is 346 g/mol. The number of nitrogen functional groups attached to an aromatic ring is 1. The third-order valence-electron chi connectivity index (χ3n) is 3.54. The van der Waals surface area contributed by atoms with Gasteiger partial charge in [-0.3, -0.25) is 4.79 Å². The Bertz CT molecular complexity index is 790. The lowest BCUT2D eigenvalue weighted by molar-refractivity contribution is -0.123. The van der Waals surface area contributed by atoms with E-state index in [1.54, 1.807) is 0 Å². The van der Waals surface area contributed by atoms with Crippen LogP contribution in [0.3, 0.4) is 0 Å². The highest BCUT2D eigenvalue weighted by Crippen LogP contribution is 2.20. The quantitative estimate of drug-likeness (QED) is 0.653. The maximum absolute atomic E-state index is 12.2. The number of anilines is 2. The number of nitrogens with one attached hydrogen (secondary N) is 1. The fourth-order valence-corrected chi connectivity index (χ4v) is 2.28. The summed E-state index contributed by atoms with van der Waals surface area (Å²) < 4.78 is 5.19. The predicted octanol–water partition coefficient (Wildman–Crippen LogP) is 3.72. The van der Waals surface area contributed by atoms with Crippen molar-refractivity contribution in [2.24, 2.45) is 0 Å². The summed E-state index contributed by atoms with van der Waals surface area (Å²) in [7, 11) is 0. The number of benzene rings is 2. The molecule has 0 aliphatic rings. The topological polar surface area (TPSA) is 81.4 Å². The Hall–Kier alpha value is -2.53. The second kappa shape index (κ2) is 7.36. The zero-order valence-corrected chi connectivity index (χ0v) is 14.5. The van der Waals surface area contributed by atoms with Gasteiger partial charge in [0.05, 0.1) is 5.56 Å². The second-order valence-corrected chi connectivity index (χ2v) is 6.02. The molecule has 1 amide bonds. The van der Waals surface area contributed by atoms with Crippen molar-refractivity contribution in [2.45, 2.75) is 26.9 Å². The van der Waals surface area contributed by atoms with Crippen LogP contribution in [0.25, 0.3) is 0 Å². The van der Waals surface area contributed by atoms with Crippen molar-refractivity contribution in [3.8, 4) is 0 Å². The number of amides is 1. The summed E-state index contributed by atoms with van der Waals surface area (Å²) in [4.78, 5) is 24.4. The molecule has 2 rings (SSSR count). The van der Waals surface area contributed by atoms with Crippen molar-refractivity contribution < 1.29 is 14.3 Å². The second-order valence-electron chi connectivity index (χ2n) is 5.59. The lowest BCUT2D eigenvalue weighted by Crippen LogP contribution is -2.30. The molecule has 0 bridgehead atoms. The largest absolute Gasteiger partial charge is 0.449 e. The van der Waals surface area contributed by atoms with Crippen molar-refractivity contribution >= 4 is 34.9 Å². The summed E-state index contributed by atoms with van der Waals surface area (Å²) in [6, 6.07) is 10.2. The number of nitrogens with two attached hydrogens (primary N) is 1. The first-order valence-electron chi connectivity index (χ1n) is 7.42. The highest BCUT2D eigenvalue weighted by molar-refractivity contribution is 6.31. The zero-order valence-electron chi connectivity index (χ0n) is 13.7. The number of rotatable bonds is 4. The van der Waals surface area contributed by atoms with E-state index in [-0.39, 0.29) is 11.3 Å². The molecule has 0 saturated heterocycles. The smallest absolute Gasteiger partial charge is 0.341 e. The maximum Gasteiger partial charge on any atom is 0.341 e. The highest BCUT2D eigenvalue weighted by atomic mass is 35.5. The van der Waals surface area contributed by atoms with Gasteiger partial charge in [-0.2, -0.15) is 0 Å². The number of carbonyl (C=O) groups excluding carboxylic acids is 2. The van der Waals surface area contributed by atoms with E-state index in [1.165, 1.54) is 25.1 Å². The molecular weight excluding hydrogens is 328 g/mol. The van der Waals surface area contributed by atoms with E-state index in [1.807, 2.05) is 32.0 Å². The van der Waals surface area contributed by atoms with Gasteiger partial charge < -0.3 is 15.8 Å². The number of esters is 1. The van der Waals surface area contributed by atoms with Crippen LogP contribution < -0.4 is 11.1 Å². The maximum atomic E-state index is 12.2. The molecule has 6 heteroatoms. The lowest BCUT2D eigenvalue weighted by Gasteiger charge is -2.15. The Morgan fingerprint density at radius 1 is 1.17 bits per heavy atom. The van der Waals surface area contributed by atoms with E-state index in [0.717, 1.165) is 11.1 Å². The molecule has 0 heterocycles. The third-order valence-corrected chi connectivity index (χ3v) is 3.77. The van der Waals surface area contributed by atoms with E-state index in [2.05, 4.69) is 5.32 Å². The summed E-state index contributed by atoms with van der Waals surface area (Å²) in [5, 5.41) is 3.18. The molecule has 1 atom stereocenters. The molecule has 2 aromatic rings. The Labute approximate surface area is 145 Å². The van der Waals surface area contributed by atoms with E-state index in [4.69, 9.17) is 22.1 Å². The lowest BCUT2D eigenvalue weighted by atomic mass is 10.1. The normalized spacial score (nSPS) is 11.7. The number of ether oxygens (including phenoxy) is 1. The van der Waals surface area contributed by atoms with Gasteiger partial charge in [-0.05, 0) is 56.2 Å². The van der Waals surface area contributed by atoms with Gasteiger partial charge in [0.15, 0.2) is 6.10 Å². The number of aryl methyl sites for hydroxylation is 2. The van der Waals surface area contributed by atoms with Crippen molar-refractivity contribution in [2.75, 3.05) is 11.1 Å². The van der Waals surface area contributed by atoms with Gasteiger partial charge in [-0.15, -0.1) is 0 Å². The molecule has 0 saturated carbocycles. The minimum Gasteiger partial charge on any atom is -0.449 e. The molecule has 126 valence electrons. The van der Waals surface area contributed by atoms with Crippen LogP contribution in [0.5, 0.6) is 0 Å². The van der Waals surface area contributed by atoms with Gasteiger partial charge in [0, 0.05) is 16.4 Å². The van der Waals surface area contributed by atoms with Gasteiger partial charge in [0.1, 0.15) is 0 Å². The van der Waals surface area contributed by atoms with Gasteiger partial charge in [0.25, 0.3) is 5.91 Å². The van der Waals surface area contributed by atoms with E-state index < -0.39 is 18.0 Å². The van der Waals surface area contributed by atoms with Crippen LogP contribution in [0, 0.1) is 13.8 Å². The molecule has 24 heavy (non-hydrogen) atoms. The summed E-state index contributed by atoms with van der Waals surface area (Å²) in [5.74, 6) is -1.09. The van der Waals surface area contributed by atoms with Crippen LogP contribution in [0.2, 0.25) is 5.02 Å². The van der Waals surface area contributed by atoms with E-state index >= 15 is 0 Å². The first-order valence-corrected chi connectivity index (χ1v) is 7.80.